The normalized spacial score (nSPS) is 9.88. The summed E-state index contributed by atoms with van der Waals surface area (Å²) in [4.78, 5) is 3.92. The van der Waals surface area contributed by atoms with Gasteiger partial charge in [0.1, 0.15) is 0 Å². The molecule has 3 aromatic rings. The minimum absolute atomic E-state index is 0. The third-order valence-corrected chi connectivity index (χ3v) is 2.35. The zero-order valence-electron chi connectivity index (χ0n) is 9.01. The second kappa shape index (κ2) is 5.38. The molecule has 0 bridgehead atoms. The summed E-state index contributed by atoms with van der Waals surface area (Å²) < 4.78 is 0. The number of anilines is 2. The Morgan fingerprint density at radius 3 is 2.88 bits per heavy atom. The molecule has 4 nitrogen and oxygen atoms in total. The molecule has 0 spiro atoms. The number of pyridine rings is 1. The third-order valence-electron chi connectivity index (χ3n) is 2.35. The molecule has 0 atom stereocenters. The van der Waals surface area contributed by atoms with Crippen LogP contribution in [0.5, 0.6) is 0 Å². The van der Waals surface area contributed by atoms with Gasteiger partial charge in [0, 0.05) is 38.1 Å². The number of benzene rings is 1. The van der Waals surface area contributed by atoms with E-state index in [1.165, 1.54) is 0 Å². The molecule has 0 aliphatic heterocycles. The van der Waals surface area contributed by atoms with Crippen LogP contribution in [0.3, 0.4) is 0 Å². The SMILES string of the molecule is [Y].[c-]1ccc(Nc2n[nH]c3ccccc23)cn1. The minimum Gasteiger partial charge on any atom is -0.392 e. The molecule has 0 aliphatic carbocycles. The Kier molecular flexibility index (Phi) is 3.87. The van der Waals surface area contributed by atoms with Gasteiger partial charge in [0.15, 0.2) is 5.82 Å². The van der Waals surface area contributed by atoms with Crippen LogP contribution >= 0.6 is 0 Å². The molecule has 2 heterocycles. The quantitative estimate of drug-likeness (QED) is 0.715. The summed E-state index contributed by atoms with van der Waals surface area (Å²) in [6, 6.07) is 11.6. The van der Waals surface area contributed by atoms with E-state index >= 15 is 0 Å². The molecule has 81 valence electrons. The van der Waals surface area contributed by atoms with Crippen molar-refractivity contribution in [1.82, 2.24) is 15.2 Å². The van der Waals surface area contributed by atoms with E-state index in [9.17, 15) is 0 Å². The molecular formula is C12H9N4Y-. The molecule has 0 saturated heterocycles. The van der Waals surface area contributed by atoms with Crippen molar-refractivity contribution in [2.24, 2.45) is 0 Å². The summed E-state index contributed by atoms with van der Waals surface area (Å²) in [6.07, 6.45) is 4.44. The summed E-state index contributed by atoms with van der Waals surface area (Å²) in [5.41, 5.74) is 1.91. The second-order valence-electron chi connectivity index (χ2n) is 3.42. The fourth-order valence-electron chi connectivity index (χ4n) is 1.59. The largest absolute Gasteiger partial charge is 0.392 e. The molecule has 5 heteroatoms. The Bertz CT molecular complexity index is 606. The van der Waals surface area contributed by atoms with Gasteiger partial charge in [-0.1, -0.05) is 30.2 Å². The van der Waals surface area contributed by atoms with Crippen molar-refractivity contribution in [3.05, 3.63) is 48.8 Å². The number of H-pyrrole nitrogens is 1. The van der Waals surface area contributed by atoms with Crippen LogP contribution in [0.15, 0.2) is 42.6 Å². The van der Waals surface area contributed by atoms with Crippen molar-refractivity contribution in [1.29, 1.82) is 0 Å². The molecular weight excluding hydrogens is 289 g/mol. The number of para-hydroxylation sites is 1. The number of hydrogen-bond acceptors (Lipinski definition) is 3. The fourth-order valence-corrected chi connectivity index (χ4v) is 1.59. The van der Waals surface area contributed by atoms with E-state index in [1.807, 2.05) is 30.3 Å². The number of nitrogens with one attached hydrogen (secondary N) is 2. The van der Waals surface area contributed by atoms with Gasteiger partial charge in [0.05, 0.1) is 5.52 Å². The summed E-state index contributed by atoms with van der Waals surface area (Å²) in [6.45, 7) is 0. The molecule has 17 heavy (non-hydrogen) atoms. The summed E-state index contributed by atoms with van der Waals surface area (Å²) in [5.74, 6) is 0.809. The standard InChI is InChI=1S/C12H9N4.Y/c1-2-6-11-10(5-1)12(16-15-11)14-9-4-3-7-13-8-9;/h1-6,8H,(H2,14,15,16);/q-1;. The first-order chi connectivity index (χ1) is 7.93. The van der Waals surface area contributed by atoms with E-state index in [1.54, 1.807) is 12.3 Å². The van der Waals surface area contributed by atoms with Crippen LogP contribution in [-0.4, -0.2) is 15.2 Å². The maximum atomic E-state index is 4.22. The predicted molar refractivity (Wildman–Crippen MR) is 62.4 cm³/mol. The maximum Gasteiger partial charge on any atom is 0.158 e. The minimum atomic E-state index is 0. The molecule has 3 rings (SSSR count). The molecule has 0 saturated carbocycles. The molecule has 0 amide bonds. The number of nitrogens with zero attached hydrogens (tertiary/aromatic N) is 2. The van der Waals surface area contributed by atoms with Gasteiger partial charge in [0.2, 0.25) is 0 Å². The topological polar surface area (TPSA) is 53.6 Å². The first-order valence-electron chi connectivity index (χ1n) is 4.96. The molecule has 1 radical (unpaired) electrons. The molecule has 2 N–H and O–H groups in total. The van der Waals surface area contributed by atoms with Crippen LogP contribution in [0, 0.1) is 6.20 Å². The summed E-state index contributed by atoms with van der Waals surface area (Å²) in [5, 5.41) is 11.5. The van der Waals surface area contributed by atoms with Gasteiger partial charge >= 0.3 is 0 Å². The van der Waals surface area contributed by atoms with Crippen molar-refractivity contribution < 1.29 is 32.7 Å². The van der Waals surface area contributed by atoms with E-state index in [-0.39, 0.29) is 32.7 Å². The first kappa shape index (κ1) is 12.2. The van der Waals surface area contributed by atoms with E-state index < -0.39 is 0 Å². The Balaban J connectivity index is 0.00000108. The zero-order chi connectivity index (χ0) is 10.8. The first-order valence-corrected chi connectivity index (χ1v) is 4.96. The summed E-state index contributed by atoms with van der Waals surface area (Å²) >= 11 is 0. The average Bonchev–Trinajstić information content (AvgIpc) is 2.74. The number of hydrogen-bond donors (Lipinski definition) is 2. The molecule has 0 fully saturated rings. The van der Waals surface area contributed by atoms with Crippen molar-refractivity contribution in [2.45, 2.75) is 0 Å². The van der Waals surface area contributed by atoms with Gasteiger partial charge in [-0.2, -0.15) is 11.2 Å². The van der Waals surface area contributed by atoms with Gasteiger partial charge in [-0.15, -0.1) is 6.07 Å². The van der Waals surface area contributed by atoms with Crippen LogP contribution in [0.2, 0.25) is 0 Å². The van der Waals surface area contributed by atoms with Gasteiger partial charge < -0.3 is 10.3 Å². The van der Waals surface area contributed by atoms with Crippen molar-refractivity contribution >= 4 is 22.4 Å². The van der Waals surface area contributed by atoms with Crippen LogP contribution in [0.4, 0.5) is 11.5 Å². The predicted octanol–water partition coefficient (Wildman–Crippen LogP) is 2.50. The number of aromatic amines is 1. The molecule has 0 unspecified atom stereocenters. The van der Waals surface area contributed by atoms with Crippen molar-refractivity contribution in [3.8, 4) is 0 Å². The number of fused-ring (bicyclic) bond motifs is 1. The molecule has 1 aromatic carbocycles. The number of rotatable bonds is 2. The Labute approximate surface area is 124 Å². The van der Waals surface area contributed by atoms with Crippen molar-refractivity contribution in [3.63, 3.8) is 0 Å². The molecule has 0 aliphatic rings. The van der Waals surface area contributed by atoms with Gasteiger partial charge in [-0.25, -0.2) is 0 Å². The fraction of sp³-hybridized carbons (Fsp3) is 0. The average molecular weight is 298 g/mol. The van der Waals surface area contributed by atoms with Gasteiger partial charge in [-0.3, -0.25) is 5.10 Å². The monoisotopic (exact) mass is 298 g/mol. The second-order valence-corrected chi connectivity index (χ2v) is 3.42. The van der Waals surface area contributed by atoms with Crippen molar-refractivity contribution in [2.75, 3.05) is 5.32 Å². The van der Waals surface area contributed by atoms with E-state index in [2.05, 4.69) is 26.7 Å². The van der Waals surface area contributed by atoms with E-state index in [0.29, 0.717) is 0 Å². The van der Waals surface area contributed by atoms with Gasteiger partial charge in [-0.05, 0) is 12.1 Å². The third kappa shape index (κ3) is 2.53. The van der Waals surface area contributed by atoms with E-state index in [4.69, 9.17) is 0 Å². The van der Waals surface area contributed by atoms with Crippen LogP contribution in [0.25, 0.3) is 10.9 Å². The Morgan fingerprint density at radius 2 is 2.06 bits per heavy atom. The van der Waals surface area contributed by atoms with Crippen LogP contribution in [0.1, 0.15) is 0 Å². The van der Waals surface area contributed by atoms with E-state index in [0.717, 1.165) is 22.4 Å². The van der Waals surface area contributed by atoms with Crippen LogP contribution < -0.4 is 5.32 Å². The Hall–Kier alpha value is -1.26. The maximum absolute atomic E-state index is 4.22. The zero-order valence-corrected chi connectivity index (χ0v) is 11.9. The summed E-state index contributed by atoms with van der Waals surface area (Å²) in [7, 11) is 0. The van der Waals surface area contributed by atoms with Gasteiger partial charge in [0.25, 0.3) is 0 Å². The smallest absolute Gasteiger partial charge is 0.158 e. The Morgan fingerprint density at radius 1 is 1.18 bits per heavy atom. The molecule has 2 aromatic heterocycles. The number of aromatic nitrogens is 3. The van der Waals surface area contributed by atoms with Crippen LogP contribution in [-0.2, 0) is 32.7 Å².